The van der Waals surface area contributed by atoms with Crippen LogP contribution in [0.5, 0.6) is 5.75 Å². The van der Waals surface area contributed by atoms with Crippen LogP contribution in [0.25, 0.3) is 0 Å². The summed E-state index contributed by atoms with van der Waals surface area (Å²) in [5, 5.41) is 15.6. The van der Waals surface area contributed by atoms with Crippen LogP contribution in [0.1, 0.15) is 12.0 Å². The number of methoxy groups -OCH3 is 1. The topological polar surface area (TPSA) is 95.1 Å². The Bertz CT molecular complexity index is 704. The lowest BCUT2D eigenvalue weighted by Gasteiger charge is -2.17. The minimum Gasteiger partial charge on any atom is -0.544 e. The number of carbonyl (C=O) groups is 2. The van der Waals surface area contributed by atoms with Crippen molar-refractivity contribution in [2.24, 2.45) is 0 Å². The molecular weight excluding hydrogens is 320 g/mol. The fraction of sp³-hybridized carbons (Fsp3) is 0.263. The van der Waals surface area contributed by atoms with E-state index in [1.807, 2.05) is 30.3 Å². The SMILES string of the molecule is COc1ccccc1NC(=O)C[C@@H]([NH2+]CCc1ccccc1)C(=O)[O-]. The fourth-order valence-corrected chi connectivity index (χ4v) is 2.51. The van der Waals surface area contributed by atoms with Gasteiger partial charge in [0.2, 0.25) is 5.91 Å². The van der Waals surface area contributed by atoms with Crippen molar-refractivity contribution in [3.63, 3.8) is 0 Å². The van der Waals surface area contributed by atoms with E-state index in [-0.39, 0.29) is 6.42 Å². The van der Waals surface area contributed by atoms with Gasteiger partial charge in [0.15, 0.2) is 0 Å². The van der Waals surface area contributed by atoms with Gasteiger partial charge in [0.1, 0.15) is 11.8 Å². The molecule has 6 heteroatoms. The highest BCUT2D eigenvalue weighted by Gasteiger charge is 2.19. The molecule has 0 saturated heterocycles. The van der Waals surface area contributed by atoms with Crippen LogP contribution in [-0.4, -0.2) is 31.6 Å². The first-order valence-electron chi connectivity index (χ1n) is 8.11. The molecule has 0 heterocycles. The third-order valence-electron chi connectivity index (χ3n) is 3.82. The van der Waals surface area contributed by atoms with Crippen molar-refractivity contribution in [2.45, 2.75) is 18.9 Å². The Labute approximate surface area is 146 Å². The first-order chi connectivity index (χ1) is 12.1. The molecule has 1 amide bonds. The zero-order chi connectivity index (χ0) is 18.1. The molecule has 0 radical (unpaired) electrons. The number of rotatable bonds is 9. The predicted molar refractivity (Wildman–Crippen MR) is 92.0 cm³/mol. The van der Waals surface area contributed by atoms with Crippen LogP contribution in [0.3, 0.4) is 0 Å². The summed E-state index contributed by atoms with van der Waals surface area (Å²) in [5.41, 5.74) is 1.63. The average Bonchev–Trinajstić information content (AvgIpc) is 2.62. The highest BCUT2D eigenvalue weighted by atomic mass is 16.5. The number of aliphatic carboxylic acids is 1. The smallest absolute Gasteiger partial charge is 0.230 e. The minimum absolute atomic E-state index is 0.171. The van der Waals surface area contributed by atoms with E-state index in [1.165, 1.54) is 7.11 Å². The molecule has 2 aromatic rings. The molecule has 132 valence electrons. The maximum absolute atomic E-state index is 12.2. The lowest BCUT2D eigenvalue weighted by Crippen LogP contribution is -2.93. The Morgan fingerprint density at radius 2 is 1.80 bits per heavy atom. The number of nitrogens with two attached hydrogens (primary N) is 1. The van der Waals surface area contributed by atoms with Crippen molar-refractivity contribution in [1.82, 2.24) is 0 Å². The van der Waals surface area contributed by atoms with Gasteiger partial charge in [-0.15, -0.1) is 0 Å². The van der Waals surface area contributed by atoms with Gasteiger partial charge in [-0.25, -0.2) is 0 Å². The average molecular weight is 342 g/mol. The molecule has 0 saturated carbocycles. The number of nitrogens with one attached hydrogen (secondary N) is 1. The second-order valence-corrected chi connectivity index (χ2v) is 5.64. The number of anilines is 1. The maximum Gasteiger partial charge on any atom is 0.230 e. The van der Waals surface area contributed by atoms with Crippen LogP contribution in [-0.2, 0) is 16.0 Å². The van der Waals surface area contributed by atoms with Gasteiger partial charge in [-0.05, 0) is 17.7 Å². The summed E-state index contributed by atoms with van der Waals surface area (Å²) in [6.45, 7) is 0.560. The molecular formula is C19H22N2O4. The highest BCUT2D eigenvalue weighted by Crippen LogP contribution is 2.23. The zero-order valence-electron chi connectivity index (χ0n) is 14.1. The van der Waals surface area contributed by atoms with E-state index < -0.39 is 17.9 Å². The van der Waals surface area contributed by atoms with Crippen molar-refractivity contribution >= 4 is 17.6 Å². The molecule has 0 aliphatic heterocycles. The summed E-state index contributed by atoms with van der Waals surface area (Å²) >= 11 is 0. The zero-order valence-corrected chi connectivity index (χ0v) is 14.1. The molecule has 2 aromatic carbocycles. The normalized spacial score (nSPS) is 11.6. The second kappa shape index (κ2) is 9.44. The number of carboxylic acids is 1. The Kier molecular flexibility index (Phi) is 6.98. The largest absolute Gasteiger partial charge is 0.544 e. The summed E-state index contributed by atoms with van der Waals surface area (Å²) in [5.74, 6) is -1.12. The summed E-state index contributed by atoms with van der Waals surface area (Å²) in [7, 11) is 1.51. The number of hydrogen-bond donors (Lipinski definition) is 2. The third kappa shape index (κ3) is 5.93. The standard InChI is InChI=1S/C19H22N2O4/c1-25-17-10-6-5-9-15(17)21-18(22)13-16(19(23)24)20-12-11-14-7-3-2-4-8-14/h2-10,16,20H,11-13H2,1H3,(H,21,22)(H,23,24)/t16-/m1/s1. The monoisotopic (exact) mass is 342 g/mol. The van der Waals surface area contributed by atoms with Gasteiger partial charge in [0.05, 0.1) is 31.7 Å². The molecule has 0 aliphatic rings. The van der Waals surface area contributed by atoms with E-state index >= 15 is 0 Å². The summed E-state index contributed by atoms with van der Waals surface area (Å²) < 4.78 is 5.16. The van der Waals surface area contributed by atoms with E-state index in [9.17, 15) is 14.7 Å². The highest BCUT2D eigenvalue weighted by molar-refractivity contribution is 5.94. The van der Waals surface area contributed by atoms with Gasteiger partial charge in [-0.1, -0.05) is 42.5 Å². The van der Waals surface area contributed by atoms with Crippen molar-refractivity contribution in [2.75, 3.05) is 19.0 Å². The number of para-hydroxylation sites is 2. The van der Waals surface area contributed by atoms with Crippen molar-refractivity contribution in [3.05, 3.63) is 60.2 Å². The van der Waals surface area contributed by atoms with Gasteiger partial charge in [0.25, 0.3) is 0 Å². The number of carbonyl (C=O) groups excluding carboxylic acids is 2. The molecule has 0 spiro atoms. The fourth-order valence-electron chi connectivity index (χ4n) is 2.51. The van der Waals surface area contributed by atoms with Crippen molar-refractivity contribution < 1.29 is 24.7 Å². The summed E-state index contributed by atoms with van der Waals surface area (Å²) in [6, 6.07) is 15.8. The Hall–Kier alpha value is -2.86. The number of quaternary nitrogens is 1. The van der Waals surface area contributed by atoms with Gasteiger partial charge < -0.3 is 25.3 Å². The van der Waals surface area contributed by atoms with E-state index in [1.54, 1.807) is 29.6 Å². The maximum atomic E-state index is 12.2. The molecule has 6 nitrogen and oxygen atoms in total. The number of ether oxygens (including phenoxy) is 1. The quantitative estimate of drug-likeness (QED) is 0.668. The molecule has 0 fully saturated rings. The first-order valence-corrected chi connectivity index (χ1v) is 8.11. The molecule has 2 rings (SSSR count). The van der Waals surface area contributed by atoms with Crippen LogP contribution in [0.15, 0.2) is 54.6 Å². The van der Waals surface area contributed by atoms with Crippen LogP contribution < -0.4 is 20.5 Å². The first kappa shape index (κ1) is 18.5. The van der Waals surface area contributed by atoms with Crippen LogP contribution >= 0.6 is 0 Å². The summed E-state index contributed by atoms with van der Waals surface area (Å²) in [4.78, 5) is 23.5. The van der Waals surface area contributed by atoms with Gasteiger partial charge in [0, 0.05) is 6.42 Å². The number of amides is 1. The molecule has 25 heavy (non-hydrogen) atoms. The van der Waals surface area contributed by atoms with Gasteiger partial charge in [-0.3, -0.25) is 4.79 Å². The molecule has 0 aromatic heterocycles. The Morgan fingerprint density at radius 3 is 2.48 bits per heavy atom. The molecule has 0 aliphatic carbocycles. The van der Waals surface area contributed by atoms with Crippen molar-refractivity contribution in [1.29, 1.82) is 0 Å². The number of benzene rings is 2. The molecule has 3 N–H and O–H groups in total. The van der Waals surface area contributed by atoms with E-state index in [0.717, 1.165) is 12.0 Å². The van der Waals surface area contributed by atoms with Crippen LogP contribution in [0.2, 0.25) is 0 Å². The van der Waals surface area contributed by atoms with E-state index in [2.05, 4.69) is 5.32 Å². The van der Waals surface area contributed by atoms with E-state index in [4.69, 9.17) is 4.74 Å². The number of carboxylic acid groups (broad SMARTS) is 1. The molecule has 0 bridgehead atoms. The van der Waals surface area contributed by atoms with Crippen molar-refractivity contribution in [3.8, 4) is 5.75 Å². The second-order valence-electron chi connectivity index (χ2n) is 5.64. The van der Waals surface area contributed by atoms with Crippen LogP contribution in [0.4, 0.5) is 5.69 Å². The molecule has 0 unspecified atom stereocenters. The van der Waals surface area contributed by atoms with Gasteiger partial charge >= 0.3 is 0 Å². The third-order valence-corrected chi connectivity index (χ3v) is 3.82. The predicted octanol–water partition coefficient (Wildman–Crippen LogP) is -0.0516. The lowest BCUT2D eigenvalue weighted by atomic mass is 10.1. The van der Waals surface area contributed by atoms with Gasteiger partial charge in [-0.2, -0.15) is 0 Å². The number of hydrogen-bond acceptors (Lipinski definition) is 4. The minimum atomic E-state index is -1.25. The summed E-state index contributed by atoms with van der Waals surface area (Å²) in [6.07, 6.45) is 0.550. The Morgan fingerprint density at radius 1 is 1.12 bits per heavy atom. The van der Waals surface area contributed by atoms with Crippen LogP contribution in [0, 0.1) is 0 Å². The lowest BCUT2D eigenvalue weighted by molar-refractivity contribution is -0.682. The van der Waals surface area contributed by atoms with E-state index in [0.29, 0.717) is 18.0 Å². The molecule has 1 atom stereocenters. The Balaban J connectivity index is 1.87.